The van der Waals surface area contributed by atoms with Crippen molar-refractivity contribution in [2.75, 3.05) is 0 Å². The Balaban J connectivity index is 2.45. The van der Waals surface area contributed by atoms with Gasteiger partial charge in [-0.25, -0.2) is 0 Å². The Morgan fingerprint density at radius 2 is 2.30 bits per heavy atom. The molecule has 0 saturated heterocycles. The van der Waals surface area contributed by atoms with E-state index >= 15 is 0 Å². The topological polar surface area (TPSA) is 12.4 Å². The summed E-state index contributed by atoms with van der Waals surface area (Å²) < 4.78 is 0. The molecule has 0 aromatic carbocycles. The fourth-order valence-corrected chi connectivity index (χ4v) is 1.30. The van der Waals surface area contributed by atoms with Crippen LogP contribution in [0.15, 0.2) is 40.6 Å². The van der Waals surface area contributed by atoms with Crippen LogP contribution in [0.25, 0.3) is 0 Å². The molecule has 0 radical (unpaired) electrons. The van der Waals surface area contributed by atoms with Gasteiger partial charge in [0.1, 0.15) is 0 Å². The number of aliphatic imine (C=N–C) groups is 1. The monoisotopic (exact) mass is 131 g/mol. The zero-order valence-corrected chi connectivity index (χ0v) is 5.91. The average Bonchev–Trinajstić information content (AvgIpc) is 2.36. The highest BCUT2D eigenvalue weighted by atomic mass is 14.8. The van der Waals surface area contributed by atoms with Crippen LogP contribution in [0.1, 0.15) is 6.92 Å². The third kappa shape index (κ3) is 0.670. The van der Waals surface area contributed by atoms with Crippen molar-refractivity contribution >= 4 is 6.21 Å². The lowest BCUT2D eigenvalue weighted by Gasteiger charge is -2.11. The summed E-state index contributed by atoms with van der Waals surface area (Å²) in [6.45, 7) is 2.18. The SMILES string of the molecule is C[C@H]1C=CC=C2N=CC=C21. The van der Waals surface area contributed by atoms with Gasteiger partial charge in [0, 0.05) is 12.1 Å². The maximum atomic E-state index is 4.20. The Morgan fingerprint density at radius 3 is 3.10 bits per heavy atom. The highest BCUT2D eigenvalue weighted by molar-refractivity contribution is 5.80. The molecule has 0 N–H and O–H groups in total. The summed E-state index contributed by atoms with van der Waals surface area (Å²) in [5.74, 6) is 0.544. The van der Waals surface area contributed by atoms with Crippen LogP contribution in [0, 0.1) is 5.92 Å². The molecule has 1 atom stereocenters. The van der Waals surface area contributed by atoms with E-state index in [2.05, 4.69) is 36.2 Å². The lowest BCUT2D eigenvalue weighted by Crippen LogP contribution is -1.98. The van der Waals surface area contributed by atoms with E-state index in [1.54, 1.807) is 0 Å². The second kappa shape index (κ2) is 1.94. The van der Waals surface area contributed by atoms with Crippen molar-refractivity contribution in [1.82, 2.24) is 0 Å². The van der Waals surface area contributed by atoms with Gasteiger partial charge in [-0.1, -0.05) is 19.1 Å². The van der Waals surface area contributed by atoms with Crippen molar-refractivity contribution in [2.45, 2.75) is 6.92 Å². The van der Waals surface area contributed by atoms with Crippen molar-refractivity contribution in [3.05, 3.63) is 35.6 Å². The van der Waals surface area contributed by atoms with Crippen molar-refractivity contribution < 1.29 is 0 Å². The molecule has 0 aromatic heterocycles. The van der Waals surface area contributed by atoms with E-state index in [9.17, 15) is 0 Å². The van der Waals surface area contributed by atoms with E-state index in [0.29, 0.717) is 5.92 Å². The quantitative estimate of drug-likeness (QED) is 0.477. The first-order chi connectivity index (χ1) is 4.88. The third-order valence-corrected chi connectivity index (χ3v) is 1.91. The molecule has 1 nitrogen and oxygen atoms in total. The Bertz CT molecular complexity index is 266. The van der Waals surface area contributed by atoms with Crippen LogP contribution in [0.3, 0.4) is 0 Å². The molecule has 0 amide bonds. The molecule has 0 spiro atoms. The van der Waals surface area contributed by atoms with Gasteiger partial charge in [-0.15, -0.1) is 0 Å². The number of hydrogen-bond donors (Lipinski definition) is 0. The van der Waals surface area contributed by atoms with E-state index < -0.39 is 0 Å². The van der Waals surface area contributed by atoms with Crippen LogP contribution in [0.5, 0.6) is 0 Å². The molecule has 1 heterocycles. The molecule has 2 aliphatic rings. The molecule has 1 aliphatic heterocycles. The number of rotatable bonds is 0. The molecule has 50 valence electrons. The molecule has 10 heavy (non-hydrogen) atoms. The fourth-order valence-electron chi connectivity index (χ4n) is 1.30. The molecule has 1 heteroatoms. The Hall–Kier alpha value is -1.11. The van der Waals surface area contributed by atoms with E-state index in [4.69, 9.17) is 0 Å². The second-order valence-corrected chi connectivity index (χ2v) is 2.63. The number of hydrogen-bond acceptors (Lipinski definition) is 1. The van der Waals surface area contributed by atoms with Crippen LogP contribution in [0.2, 0.25) is 0 Å². The molecule has 0 saturated carbocycles. The fraction of sp³-hybridized carbons (Fsp3) is 0.222. The van der Waals surface area contributed by atoms with E-state index in [1.807, 2.05) is 6.21 Å². The Labute approximate surface area is 60.5 Å². The molecular formula is C9H9N. The number of allylic oxidation sites excluding steroid dienone is 5. The molecule has 0 unspecified atom stereocenters. The van der Waals surface area contributed by atoms with Crippen LogP contribution < -0.4 is 0 Å². The van der Waals surface area contributed by atoms with E-state index in [-0.39, 0.29) is 0 Å². The van der Waals surface area contributed by atoms with Gasteiger partial charge >= 0.3 is 0 Å². The van der Waals surface area contributed by atoms with Crippen molar-refractivity contribution in [1.29, 1.82) is 0 Å². The first-order valence-corrected chi connectivity index (χ1v) is 3.51. The zero-order chi connectivity index (χ0) is 6.97. The van der Waals surface area contributed by atoms with E-state index in [1.165, 1.54) is 5.57 Å². The van der Waals surface area contributed by atoms with Crippen molar-refractivity contribution in [3.63, 3.8) is 0 Å². The summed E-state index contributed by atoms with van der Waals surface area (Å²) in [5.41, 5.74) is 2.48. The molecule has 0 fully saturated rings. The maximum Gasteiger partial charge on any atom is 0.0667 e. The highest BCUT2D eigenvalue weighted by Gasteiger charge is 2.14. The minimum atomic E-state index is 0.544. The molecule has 0 bridgehead atoms. The zero-order valence-electron chi connectivity index (χ0n) is 5.91. The Kier molecular flexibility index (Phi) is 1.10. The maximum absolute atomic E-state index is 4.20. The largest absolute Gasteiger partial charge is 0.257 e. The lowest BCUT2D eigenvalue weighted by molar-refractivity contribution is 0.865. The molecular weight excluding hydrogens is 122 g/mol. The number of nitrogens with zero attached hydrogens (tertiary/aromatic N) is 1. The van der Waals surface area contributed by atoms with Gasteiger partial charge in [-0.2, -0.15) is 0 Å². The molecule has 0 aromatic rings. The van der Waals surface area contributed by atoms with Gasteiger partial charge in [0.15, 0.2) is 0 Å². The van der Waals surface area contributed by atoms with Gasteiger partial charge in [-0.05, 0) is 17.7 Å². The molecule has 2 rings (SSSR count). The highest BCUT2D eigenvalue weighted by Crippen LogP contribution is 2.27. The van der Waals surface area contributed by atoms with Crippen LogP contribution >= 0.6 is 0 Å². The predicted octanol–water partition coefficient (Wildman–Crippen LogP) is 2.09. The lowest BCUT2D eigenvalue weighted by atomic mass is 9.95. The van der Waals surface area contributed by atoms with Gasteiger partial charge in [0.05, 0.1) is 5.70 Å². The summed E-state index contributed by atoms with van der Waals surface area (Å²) >= 11 is 0. The van der Waals surface area contributed by atoms with Crippen molar-refractivity contribution in [3.8, 4) is 0 Å². The van der Waals surface area contributed by atoms with Crippen LogP contribution in [-0.4, -0.2) is 6.21 Å². The summed E-state index contributed by atoms with van der Waals surface area (Å²) in [5, 5.41) is 0. The standard InChI is InChI=1S/C9H9N/c1-7-3-2-4-9-8(7)5-6-10-9/h2-7H,1H3/t7-/m0/s1. The van der Waals surface area contributed by atoms with Gasteiger partial charge < -0.3 is 0 Å². The summed E-state index contributed by atoms with van der Waals surface area (Å²) in [4.78, 5) is 4.20. The number of fused-ring (bicyclic) bond motifs is 1. The average molecular weight is 131 g/mol. The summed E-state index contributed by atoms with van der Waals surface area (Å²) in [7, 11) is 0. The minimum absolute atomic E-state index is 0.544. The van der Waals surface area contributed by atoms with Crippen LogP contribution in [-0.2, 0) is 0 Å². The second-order valence-electron chi connectivity index (χ2n) is 2.63. The smallest absolute Gasteiger partial charge is 0.0667 e. The van der Waals surface area contributed by atoms with Gasteiger partial charge in [0.2, 0.25) is 0 Å². The first-order valence-electron chi connectivity index (χ1n) is 3.51. The molecule has 1 aliphatic carbocycles. The predicted molar refractivity (Wildman–Crippen MR) is 43.0 cm³/mol. The van der Waals surface area contributed by atoms with Gasteiger partial charge in [-0.3, -0.25) is 4.99 Å². The van der Waals surface area contributed by atoms with Crippen molar-refractivity contribution in [2.24, 2.45) is 10.9 Å². The van der Waals surface area contributed by atoms with Crippen LogP contribution in [0.4, 0.5) is 0 Å². The van der Waals surface area contributed by atoms with Gasteiger partial charge in [0.25, 0.3) is 0 Å². The van der Waals surface area contributed by atoms with E-state index in [0.717, 1.165) is 5.70 Å². The first kappa shape index (κ1) is 5.66. The normalized spacial score (nSPS) is 27.9. The minimum Gasteiger partial charge on any atom is -0.257 e. The third-order valence-electron chi connectivity index (χ3n) is 1.91. The summed E-state index contributed by atoms with van der Waals surface area (Å²) in [6.07, 6.45) is 10.3. The Morgan fingerprint density at radius 1 is 1.40 bits per heavy atom. The summed E-state index contributed by atoms with van der Waals surface area (Å²) in [6, 6.07) is 0.